The van der Waals surface area contributed by atoms with Crippen molar-refractivity contribution in [3.63, 3.8) is 0 Å². The zero-order chi connectivity index (χ0) is 15.8. The molecule has 0 spiro atoms. The van der Waals surface area contributed by atoms with E-state index in [0.717, 1.165) is 27.6 Å². The van der Waals surface area contributed by atoms with Crippen molar-refractivity contribution in [1.82, 2.24) is 4.57 Å². The third-order valence-corrected chi connectivity index (χ3v) is 5.35. The molecule has 114 valence electrons. The van der Waals surface area contributed by atoms with Crippen LogP contribution in [-0.2, 0) is 0 Å². The van der Waals surface area contributed by atoms with E-state index in [9.17, 15) is 4.79 Å². The average molecular weight is 321 g/mol. The molecule has 1 atom stereocenters. The molecular formula is C19H15NO2S. The highest BCUT2D eigenvalue weighted by atomic mass is 32.2. The number of Topliss-reactive ketones (excluding diaryl/α,β-unsaturated/α-hetero) is 1. The largest absolute Gasteiger partial charge is 0.497 e. The van der Waals surface area contributed by atoms with Gasteiger partial charge in [0.05, 0.1) is 23.7 Å². The summed E-state index contributed by atoms with van der Waals surface area (Å²) >= 11 is 1.60. The molecule has 0 N–H and O–H groups in total. The lowest BCUT2D eigenvalue weighted by molar-refractivity contribution is 0.0983. The van der Waals surface area contributed by atoms with Crippen LogP contribution in [0.5, 0.6) is 5.75 Å². The van der Waals surface area contributed by atoms with Crippen LogP contribution in [0, 0.1) is 0 Å². The van der Waals surface area contributed by atoms with E-state index in [-0.39, 0.29) is 11.0 Å². The molecule has 0 fully saturated rings. The van der Waals surface area contributed by atoms with Gasteiger partial charge >= 0.3 is 0 Å². The van der Waals surface area contributed by atoms with Crippen LogP contribution in [0.2, 0.25) is 0 Å². The topological polar surface area (TPSA) is 31.2 Å². The fourth-order valence-electron chi connectivity index (χ4n) is 2.86. The Morgan fingerprint density at radius 2 is 1.78 bits per heavy atom. The zero-order valence-corrected chi connectivity index (χ0v) is 13.4. The first-order valence-corrected chi connectivity index (χ1v) is 8.27. The number of carbonyl (C=O) groups is 1. The van der Waals surface area contributed by atoms with E-state index in [1.165, 1.54) is 0 Å². The van der Waals surface area contributed by atoms with E-state index in [4.69, 9.17) is 4.74 Å². The first-order valence-electron chi connectivity index (χ1n) is 7.39. The van der Waals surface area contributed by atoms with Crippen molar-refractivity contribution in [3.8, 4) is 11.4 Å². The third kappa shape index (κ3) is 2.35. The second-order valence-corrected chi connectivity index (χ2v) is 6.51. The molecule has 2 heterocycles. The molecule has 0 aliphatic carbocycles. The Bertz CT molecular complexity index is 867. The lowest BCUT2D eigenvalue weighted by atomic mass is 10.1. The molecule has 3 nitrogen and oxygen atoms in total. The predicted octanol–water partition coefficient (Wildman–Crippen LogP) is 4.52. The van der Waals surface area contributed by atoms with Gasteiger partial charge < -0.3 is 9.30 Å². The lowest BCUT2D eigenvalue weighted by Gasteiger charge is -2.14. The Labute approximate surface area is 138 Å². The highest BCUT2D eigenvalue weighted by Gasteiger charge is 2.30. The third-order valence-electron chi connectivity index (χ3n) is 4.03. The summed E-state index contributed by atoms with van der Waals surface area (Å²) in [5.41, 5.74) is 2.77. The number of rotatable bonds is 2. The smallest absolute Gasteiger partial charge is 0.197 e. The summed E-state index contributed by atoms with van der Waals surface area (Å²) in [6.45, 7) is 0. The van der Waals surface area contributed by atoms with Crippen LogP contribution in [0.4, 0.5) is 0 Å². The monoisotopic (exact) mass is 321 g/mol. The van der Waals surface area contributed by atoms with Crippen LogP contribution in [0.15, 0.2) is 71.8 Å². The number of hydrogen-bond acceptors (Lipinski definition) is 3. The second kappa shape index (κ2) is 5.63. The molecule has 4 rings (SSSR count). The Morgan fingerprint density at radius 1 is 1.00 bits per heavy atom. The van der Waals surface area contributed by atoms with Gasteiger partial charge in [0, 0.05) is 11.1 Å². The average Bonchev–Trinajstić information content (AvgIpc) is 3.05. The first-order chi connectivity index (χ1) is 11.3. The molecule has 2 aromatic carbocycles. The molecule has 0 saturated carbocycles. The van der Waals surface area contributed by atoms with Gasteiger partial charge in [-0.25, -0.2) is 0 Å². The summed E-state index contributed by atoms with van der Waals surface area (Å²) in [4.78, 5) is 14.2. The zero-order valence-electron chi connectivity index (χ0n) is 12.6. The maximum atomic E-state index is 13.0. The van der Waals surface area contributed by atoms with Gasteiger partial charge in [0.2, 0.25) is 0 Å². The minimum atomic E-state index is -0.252. The normalized spacial score (nSPS) is 16.4. The van der Waals surface area contributed by atoms with Gasteiger partial charge in [-0.2, -0.15) is 0 Å². The minimum Gasteiger partial charge on any atom is -0.497 e. The molecule has 1 aromatic heterocycles. The molecule has 4 heteroatoms. The van der Waals surface area contributed by atoms with Gasteiger partial charge in [0.15, 0.2) is 5.78 Å². The number of carbonyl (C=O) groups excluding carboxylic acids is 1. The van der Waals surface area contributed by atoms with E-state index in [2.05, 4.69) is 12.1 Å². The highest BCUT2D eigenvalue weighted by Crippen LogP contribution is 2.43. The van der Waals surface area contributed by atoms with Crippen molar-refractivity contribution in [2.45, 2.75) is 10.1 Å². The number of ether oxygens (including phenoxy) is 1. The Morgan fingerprint density at radius 3 is 2.57 bits per heavy atom. The number of ketones is 1. The van der Waals surface area contributed by atoms with E-state index in [1.54, 1.807) is 18.9 Å². The molecule has 0 unspecified atom stereocenters. The SMILES string of the molecule is COc1ccc([C@H]2Sc3ccccc3-n3cccc3C2=O)cc1. The molecule has 0 bridgehead atoms. The fraction of sp³-hybridized carbons (Fsp3) is 0.105. The molecule has 1 aliphatic rings. The summed E-state index contributed by atoms with van der Waals surface area (Å²) in [7, 11) is 1.64. The second-order valence-electron chi connectivity index (χ2n) is 5.37. The molecule has 0 amide bonds. The summed E-state index contributed by atoms with van der Waals surface area (Å²) < 4.78 is 7.19. The van der Waals surface area contributed by atoms with Crippen molar-refractivity contribution in [2.24, 2.45) is 0 Å². The van der Waals surface area contributed by atoms with Crippen molar-refractivity contribution in [2.75, 3.05) is 7.11 Å². The van der Waals surface area contributed by atoms with Gasteiger partial charge in [-0.05, 0) is 42.0 Å². The van der Waals surface area contributed by atoms with Crippen LogP contribution < -0.4 is 4.74 Å². The van der Waals surface area contributed by atoms with Crippen LogP contribution in [-0.4, -0.2) is 17.5 Å². The first kappa shape index (κ1) is 14.2. The van der Waals surface area contributed by atoms with Crippen LogP contribution >= 0.6 is 11.8 Å². The maximum Gasteiger partial charge on any atom is 0.197 e. The van der Waals surface area contributed by atoms with Crippen molar-refractivity contribution < 1.29 is 9.53 Å². The highest BCUT2D eigenvalue weighted by molar-refractivity contribution is 8.00. The van der Waals surface area contributed by atoms with E-state index in [1.807, 2.05) is 59.3 Å². The number of hydrogen-bond donors (Lipinski definition) is 0. The van der Waals surface area contributed by atoms with Gasteiger partial charge in [0.1, 0.15) is 5.75 Å². The van der Waals surface area contributed by atoms with E-state index < -0.39 is 0 Å². The number of nitrogens with zero attached hydrogens (tertiary/aromatic N) is 1. The van der Waals surface area contributed by atoms with Crippen LogP contribution in [0.25, 0.3) is 5.69 Å². The van der Waals surface area contributed by atoms with E-state index in [0.29, 0.717) is 0 Å². The summed E-state index contributed by atoms with van der Waals surface area (Å²) in [5.74, 6) is 0.921. The molecule has 0 saturated heterocycles. The van der Waals surface area contributed by atoms with Crippen molar-refractivity contribution in [1.29, 1.82) is 0 Å². The number of aromatic nitrogens is 1. The quantitative estimate of drug-likeness (QED) is 0.695. The van der Waals surface area contributed by atoms with Gasteiger partial charge in [0.25, 0.3) is 0 Å². The summed E-state index contributed by atoms with van der Waals surface area (Å²) in [6.07, 6.45) is 1.95. The Balaban J connectivity index is 1.85. The summed E-state index contributed by atoms with van der Waals surface area (Å²) in [5, 5.41) is -0.252. The molecule has 23 heavy (non-hydrogen) atoms. The number of para-hydroxylation sites is 1. The number of fused-ring (bicyclic) bond motifs is 3. The van der Waals surface area contributed by atoms with Crippen LogP contribution in [0.1, 0.15) is 21.3 Å². The standard InChI is InChI=1S/C19H15NO2S/c1-22-14-10-8-13(9-11-14)19-18(21)16-6-4-12-20(16)15-5-2-3-7-17(15)23-19/h2-12,19H,1H3/t19-/m1/s1. The van der Waals surface area contributed by atoms with Gasteiger partial charge in [-0.3, -0.25) is 4.79 Å². The summed E-state index contributed by atoms with van der Waals surface area (Å²) in [6, 6.07) is 19.7. The minimum absolute atomic E-state index is 0.126. The van der Waals surface area contributed by atoms with E-state index >= 15 is 0 Å². The fourth-order valence-corrected chi connectivity index (χ4v) is 4.08. The predicted molar refractivity (Wildman–Crippen MR) is 91.7 cm³/mol. The van der Waals surface area contributed by atoms with Crippen LogP contribution in [0.3, 0.4) is 0 Å². The van der Waals surface area contributed by atoms with Crippen molar-refractivity contribution in [3.05, 3.63) is 78.1 Å². The molecular weight excluding hydrogens is 306 g/mol. The lowest BCUT2D eigenvalue weighted by Crippen LogP contribution is -2.11. The molecule has 3 aromatic rings. The van der Waals surface area contributed by atoms with Gasteiger partial charge in [-0.15, -0.1) is 11.8 Å². The number of benzene rings is 2. The molecule has 1 aliphatic heterocycles. The molecule has 0 radical (unpaired) electrons. The number of methoxy groups -OCH3 is 1. The Kier molecular flexibility index (Phi) is 3.46. The Hall–Kier alpha value is -2.46. The van der Waals surface area contributed by atoms with Gasteiger partial charge in [-0.1, -0.05) is 24.3 Å². The van der Waals surface area contributed by atoms with Crippen molar-refractivity contribution >= 4 is 17.5 Å². The maximum absolute atomic E-state index is 13.0. The number of thioether (sulfide) groups is 1.